The largest absolute Gasteiger partial charge is 0.389 e. The van der Waals surface area contributed by atoms with E-state index in [4.69, 9.17) is 0 Å². The second kappa shape index (κ2) is 5.10. The lowest BCUT2D eigenvalue weighted by molar-refractivity contribution is -0.0175. The van der Waals surface area contributed by atoms with Crippen LogP contribution in [0.25, 0.3) is 0 Å². The minimum atomic E-state index is -0.481. The zero-order chi connectivity index (χ0) is 10.6. The van der Waals surface area contributed by atoms with E-state index in [0.717, 1.165) is 39.0 Å². The Labute approximate surface area is 87.5 Å². The van der Waals surface area contributed by atoms with E-state index < -0.39 is 5.60 Å². The average Bonchev–Trinajstić information content (AvgIpc) is 2.21. The van der Waals surface area contributed by atoms with E-state index in [1.54, 1.807) is 0 Å². The molecular formula is C11H24N2O. The number of hydrogen-bond donors (Lipinski definition) is 2. The van der Waals surface area contributed by atoms with Crippen LogP contribution in [0.2, 0.25) is 0 Å². The summed E-state index contributed by atoms with van der Waals surface area (Å²) in [5.74, 6) is 0. The molecule has 84 valence electrons. The standard InChI is InChI=1S/C11H24N2O/c1-4-11(14,5-2)9-13-7-6-12-8-10(13)3/h10,12,14H,4-9H2,1-3H3/t10-/m0/s1. The minimum absolute atomic E-state index is 0.481. The van der Waals surface area contributed by atoms with Gasteiger partial charge in [-0.25, -0.2) is 0 Å². The molecule has 14 heavy (non-hydrogen) atoms. The highest BCUT2D eigenvalue weighted by molar-refractivity contribution is 4.85. The predicted octanol–water partition coefficient (Wildman–Crippen LogP) is 0.831. The topological polar surface area (TPSA) is 35.5 Å². The minimum Gasteiger partial charge on any atom is -0.389 e. The van der Waals surface area contributed by atoms with Gasteiger partial charge in [-0.1, -0.05) is 13.8 Å². The maximum Gasteiger partial charge on any atom is 0.0769 e. The quantitative estimate of drug-likeness (QED) is 0.705. The normalized spacial score (nSPS) is 25.3. The van der Waals surface area contributed by atoms with E-state index in [9.17, 15) is 5.11 Å². The molecular weight excluding hydrogens is 176 g/mol. The summed E-state index contributed by atoms with van der Waals surface area (Å²) in [5, 5.41) is 13.6. The Balaban J connectivity index is 2.48. The molecule has 1 atom stereocenters. The molecule has 2 N–H and O–H groups in total. The smallest absolute Gasteiger partial charge is 0.0769 e. The van der Waals surface area contributed by atoms with E-state index >= 15 is 0 Å². The molecule has 1 saturated heterocycles. The highest BCUT2D eigenvalue weighted by atomic mass is 16.3. The third-order valence-corrected chi connectivity index (χ3v) is 3.45. The first-order valence-corrected chi connectivity index (χ1v) is 5.78. The molecule has 0 bridgehead atoms. The Kier molecular flexibility index (Phi) is 4.35. The van der Waals surface area contributed by atoms with Crippen LogP contribution < -0.4 is 5.32 Å². The Morgan fingerprint density at radius 2 is 2.07 bits per heavy atom. The average molecular weight is 200 g/mol. The molecule has 0 saturated carbocycles. The van der Waals surface area contributed by atoms with E-state index in [1.807, 2.05) is 0 Å². The van der Waals surface area contributed by atoms with Gasteiger partial charge in [-0.3, -0.25) is 4.90 Å². The molecule has 1 heterocycles. The molecule has 1 fully saturated rings. The summed E-state index contributed by atoms with van der Waals surface area (Å²) in [6.07, 6.45) is 1.69. The van der Waals surface area contributed by atoms with Crippen molar-refractivity contribution in [2.24, 2.45) is 0 Å². The van der Waals surface area contributed by atoms with Gasteiger partial charge in [0, 0.05) is 32.2 Å². The van der Waals surface area contributed by atoms with Gasteiger partial charge in [0.05, 0.1) is 5.60 Å². The van der Waals surface area contributed by atoms with Gasteiger partial charge in [0.15, 0.2) is 0 Å². The Morgan fingerprint density at radius 3 is 2.57 bits per heavy atom. The maximum absolute atomic E-state index is 10.2. The molecule has 0 aromatic heterocycles. The highest BCUT2D eigenvalue weighted by Gasteiger charge is 2.28. The number of hydrogen-bond acceptors (Lipinski definition) is 3. The van der Waals surface area contributed by atoms with Crippen molar-refractivity contribution in [2.45, 2.75) is 45.3 Å². The molecule has 0 unspecified atom stereocenters. The number of nitrogens with zero attached hydrogens (tertiary/aromatic N) is 1. The van der Waals surface area contributed by atoms with Gasteiger partial charge in [-0.15, -0.1) is 0 Å². The summed E-state index contributed by atoms with van der Waals surface area (Å²) < 4.78 is 0. The Bertz CT molecular complexity index is 169. The van der Waals surface area contributed by atoms with Gasteiger partial charge in [0.2, 0.25) is 0 Å². The number of piperazine rings is 1. The lowest BCUT2D eigenvalue weighted by Crippen LogP contribution is -2.54. The fourth-order valence-electron chi connectivity index (χ4n) is 1.97. The number of aliphatic hydroxyl groups is 1. The second-order valence-corrected chi connectivity index (χ2v) is 4.46. The van der Waals surface area contributed by atoms with E-state index in [1.165, 1.54) is 0 Å². The summed E-state index contributed by atoms with van der Waals surface area (Å²) in [6.45, 7) is 10.3. The second-order valence-electron chi connectivity index (χ2n) is 4.46. The molecule has 0 aliphatic carbocycles. The molecule has 0 aromatic carbocycles. The maximum atomic E-state index is 10.2. The van der Waals surface area contributed by atoms with Crippen molar-refractivity contribution in [2.75, 3.05) is 26.2 Å². The third kappa shape index (κ3) is 2.94. The molecule has 0 radical (unpaired) electrons. The fourth-order valence-corrected chi connectivity index (χ4v) is 1.97. The van der Waals surface area contributed by atoms with Crippen LogP contribution >= 0.6 is 0 Å². The molecule has 3 nitrogen and oxygen atoms in total. The van der Waals surface area contributed by atoms with Crippen LogP contribution in [0.4, 0.5) is 0 Å². The van der Waals surface area contributed by atoms with Crippen molar-refractivity contribution in [3.05, 3.63) is 0 Å². The Morgan fingerprint density at radius 1 is 1.43 bits per heavy atom. The summed E-state index contributed by atoms with van der Waals surface area (Å²) in [5.41, 5.74) is -0.481. The molecule has 3 heteroatoms. The summed E-state index contributed by atoms with van der Waals surface area (Å²) in [4.78, 5) is 2.39. The first-order chi connectivity index (χ1) is 6.61. The van der Waals surface area contributed by atoms with Crippen LogP contribution in [-0.4, -0.2) is 47.8 Å². The zero-order valence-electron chi connectivity index (χ0n) is 9.71. The van der Waals surface area contributed by atoms with Gasteiger partial charge in [0.25, 0.3) is 0 Å². The monoisotopic (exact) mass is 200 g/mol. The lowest BCUT2D eigenvalue weighted by atomic mass is 9.96. The molecule has 0 amide bonds. The number of β-amino-alcohol motifs (C(OH)–C–C–N with tert-alkyl or cyclic N) is 1. The van der Waals surface area contributed by atoms with E-state index in [0.29, 0.717) is 6.04 Å². The summed E-state index contributed by atoms with van der Waals surface area (Å²) in [7, 11) is 0. The van der Waals surface area contributed by atoms with Crippen molar-refractivity contribution in [1.29, 1.82) is 0 Å². The number of rotatable bonds is 4. The van der Waals surface area contributed by atoms with Crippen molar-refractivity contribution < 1.29 is 5.11 Å². The predicted molar refractivity (Wildman–Crippen MR) is 59.4 cm³/mol. The Hall–Kier alpha value is -0.120. The van der Waals surface area contributed by atoms with Gasteiger partial charge in [-0.2, -0.15) is 0 Å². The lowest BCUT2D eigenvalue weighted by Gasteiger charge is -2.39. The van der Waals surface area contributed by atoms with Crippen LogP contribution in [0.1, 0.15) is 33.6 Å². The van der Waals surface area contributed by atoms with Crippen molar-refractivity contribution >= 4 is 0 Å². The van der Waals surface area contributed by atoms with Crippen LogP contribution in [0.3, 0.4) is 0 Å². The molecule has 1 aliphatic heterocycles. The molecule has 1 rings (SSSR count). The van der Waals surface area contributed by atoms with Crippen molar-refractivity contribution in [3.8, 4) is 0 Å². The van der Waals surface area contributed by atoms with Gasteiger partial charge in [-0.05, 0) is 19.8 Å². The molecule has 0 spiro atoms. The van der Waals surface area contributed by atoms with Gasteiger partial charge in [0.1, 0.15) is 0 Å². The fraction of sp³-hybridized carbons (Fsp3) is 1.00. The number of nitrogens with one attached hydrogen (secondary N) is 1. The van der Waals surface area contributed by atoms with E-state index in [2.05, 4.69) is 31.0 Å². The molecule has 1 aliphatic rings. The van der Waals surface area contributed by atoms with Crippen molar-refractivity contribution in [3.63, 3.8) is 0 Å². The summed E-state index contributed by atoms with van der Waals surface area (Å²) >= 11 is 0. The first-order valence-electron chi connectivity index (χ1n) is 5.78. The van der Waals surface area contributed by atoms with Crippen LogP contribution in [0.15, 0.2) is 0 Å². The highest BCUT2D eigenvalue weighted by Crippen LogP contribution is 2.18. The first kappa shape index (κ1) is 12.0. The van der Waals surface area contributed by atoms with Gasteiger partial charge >= 0.3 is 0 Å². The summed E-state index contributed by atoms with van der Waals surface area (Å²) in [6, 6.07) is 0.549. The third-order valence-electron chi connectivity index (χ3n) is 3.45. The zero-order valence-corrected chi connectivity index (χ0v) is 9.71. The molecule has 0 aromatic rings. The van der Waals surface area contributed by atoms with Crippen LogP contribution in [-0.2, 0) is 0 Å². The SMILES string of the molecule is CCC(O)(CC)CN1CCNC[C@@H]1C. The van der Waals surface area contributed by atoms with Crippen molar-refractivity contribution in [1.82, 2.24) is 10.2 Å². The van der Waals surface area contributed by atoms with Gasteiger partial charge < -0.3 is 10.4 Å². The van der Waals surface area contributed by atoms with Crippen LogP contribution in [0, 0.1) is 0 Å². The van der Waals surface area contributed by atoms with E-state index in [-0.39, 0.29) is 0 Å². The van der Waals surface area contributed by atoms with Crippen LogP contribution in [0.5, 0.6) is 0 Å².